The highest BCUT2D eigenvalue weighted by molar-refractivity contribution is 5.48. The highest BCUT2D eigenvalue weighted by Crippen LogP contribution is 2.45. The van der Waals surface area contributed by atoms with Crippen LogP contribution in [0.5, 0.6) is 0 Å². The third kappa shape index (κ3) is 3.30. The molecule has 1 atom stereocenters. The normalized spacial score (nSPS) is 19.0. The van der Waals surface area contributed by atoms with E-state index in [1.165, 1.54) is 6.07 Å². The van der Waals surface area contributed by atoms with Crippen molar-refractivity contribution in [3.8, 4) is 6.07 Å². The van der Waals surface area contributed by atoms with Gasteiger partial charge in [-0.15, -0.1) is 0 Å². The number of fused-ring (bicyclic) bond motifs is 1. The molecule has 0 bridgehead atoms. The quantitative estimate of drug-likeness (QED) is 0.823. The van der Waals surface area contributed by atoms with Gasteiger partial charge < -0.3 is 9.64 Å². The molecule has 3 rings (SSSR count). The lowest BCUT2D eigenvalue weighted by atomic mass is 9.81. The Hall–Kier alpha value is -2.22. The number of halogens is 1. The molecule has 0 fully saturated rings. The Bertz CT molecular complexity index is 825. The van der Waals surface area contributed by atoms with E-state index in [0.29, 0.717) is 17.7 Å². The summed E-state index contributed by atoms with van der Waals surface area (Å²) in [6, 6.07) is 13.2. The summed E-state index contributed by atoms with van der Waals surface area (Å²) in [5.74, 6) is -0.203. The van der Waals surface area contributed by atoms with E-state index in [-0.39, 0.29) is 5.82 Å². The van der Waals surface area contributed by atoms with E-state index in [2.05, 4.69) is 25.1 Å². The van der Waals surface area contributed by atoms with Crippen LogP contribution in [0.1, 0.15) is 40.7 Å². The molecule has 0 aliphatic carbocycles. The van der Waals surface area contributed by atoms with Crippen LogP contribution in [0.2, 0.25) is 0 Å². The minimum Gasteiger partial charge on any atom is -0.361 e. The van der Waals surface area contributed by atoms with Crippen LogP contribution in [0.3, 0.4) is 0 Å². The molecule has 130 valence electrons. The second-order valence-electron chi connectivity index (χ2n) is 6.97. The summed E-state index contributed by atoms with van der Waals surface area (Å²) >= 11 is 0. The summed E-state index contributed by atoms with van der Waals surface area (Å²) in [6.07, 6.45) is 1.78. The van der Waals surface area contributed by atoms with Crippen LogP contribution in [0.25, 0.3) is 0 Å². The van der Waals surface area contributed by atoms with Gasteiger partial charge in [0.05, 0.1) is 18.2 Å². The number of hydrogen-bond acceptors (Lipinski definition) is 3. The highest BCUT2D eigenvalue weighted by Gasteiger charge is 2.41. The van der Waals surface area contributed by atoms with Crippen molar-refractivity contribution in [2.75, 3.05) is 20.6 Å². The second-order valence-corrected chi connectivity index (χ2v) is 6.97. The van der Waals surface area contributed by atoms with Crippen LogP contribution in [-0.4, -0.2) is 25.5 Å². The fourth-order valence-corrected chi connectivity index (χ4v) is 3.59. The number of benzene rings is 2. The molecule has 1 aliphatic rings. The standard InChI is InChI=1S/C21H23FN2O/c1-15-11-18(6-8-20(15)22)21(9-4-10-24(2)3)19-7-5-16(13-23)12-17(19)14-25-21/h5-8,11-12H,4,9-10,14H2,1-3H3. The Morgan fingerprint density at radius 3 is 2.72 bits per heavy atom. The van der Waals surface area contributed by atoms with Gasteiger partial charge in [-0.1, -0.05) is 12.1 Å². The Morgan fingerprint density at radius 2 is 2.04 bits per heavy atom. The predicted octanol–water partition coefficient (Wildman–Crippen LogP) is 4.12. The average molecular weight is 338 g/mol. The molecule has 1 heterocycles. The Morgan fingerprint density at radius 1 is 1.24 bits per heavy atom. The Kier molecular flexibility index (Phi) is 4.89. The van der Waals surface area contributed by atoms with E-state index < -0.39 is 5.60 Å². The van der Waals surface area contributed by atoms with E-state index in [0.717, 1.165) is 36.1 Å². The van der Waals surface area contributed by atoms with Crippen molar-refractivity contribution in [3.05, 3.63) is 70.0 Å². The minimum atomic E-state index is -0.572. The maximum absolute atomic E-state index is 13.8. The zero-order valence-corrected chi connectivity index (χ0v) is 15.0. The molecule has 0 saturated heterocycles. The van der Waals surface area contributed by atoms with Crippen LogP contribution in [0, 0.1) is 24.1 Å². The van der Waals surface area contributed by atoms with Crippen LogP contribution < -0.4 is 0 Å². The number of nitriles is 1. The van der Waals surface area contributed by atoms with E-state index >= 15 is 0 Å². The van der Waals surface area contributed by atoms with Crippen molar-refractivity contribution in [2.45, 2.75) is 32.0 Å². The van der Waals surface area contributed by atoms with Gasteiger partial charge in [-0.25, -0.2) is 4.39 Å². The molecule has 3 nitrogen and oxygen atoms in total. The van der Waals surface area contributed by atoms with Crippen LogP contribution in [-0.2, 0) is 16.9 Å². The summed E-state index contributed by atoms with van der Waals surface area (Å²) < 4.78 is 20.1. The third-order valence-electron chi connectivity index (χ3n) is 4.90. The van der Waals surface area contributed by atoms with Crippen molar-refractivity contribution in [1.29, 1.82) is 5.26 Å². The van der Waals surface area contributed by atoms with E-state index in [1.54, 1.807) is 6.92 Å². The third-order valence-corrected chi connectivity index (χ3v) is 4.90. The molecular weight excluding hydrogens is 315 g/mol. The largest absolute Gasteiger partial charge is 0.361 e. The maximum atomic E-state index is 13.8. The van der Waals surface area contributed by atoms with Gasteiger partial charge in [0.1, 0.15) is 11.4 Å². The van der Waals surface area contributed by atoms with E-state index in [9.17, 15) is 4.39 Å². The number of hydrogen-bond donors (Lipinski definition) is 0. The van der Waals surface area contributed by atoms with Gasteiger partial charge in [-0.2, -0.15) is 5.26 Å². The molecule has 4 heteroatoms. The SMILES string of the molecule is Cc1cc(C2(CCCN(C)C)OCc3cc(C#N)ccc32)ccc1F. The van der Waals surface area contributed by atoms with Gasteiger partial charge in [0.2, 0.25) is 0 Å². The molecule has 0 amide bonds. The second kappa shape index (κ2) is 6.95. The topological polar surface area (TPSA) is 36.3 Å². The zero-order chi connectivity index (χ0) is 18.0. The Labute approximate surface area is 148 Å². The van der Waals surface area contributed by atoms with E-state index in [1.807, 2.05) is 30.3 Å². The highest BCUT2D eigenvalue weighted by atomic mass is 19.1. The van der Waals surface area contributed by atoms with Gasteiger partial charge in [0, 0.05) is 0 Å². The molecular formula is C21H23FN2O. The lowest BCUT2D eigenvalue weighted by molar-refractivity contribution is -0.0140. The first-order chi connectivity index (χ1) is 12.0. The van der Waals surface area contributed by atoms with Crippen molar-refractivity contribution in [2.24, 2.45) is 0 Å². The molecule has 0 spiro atoms. The van der Waals surface area contributed by atoms with Crippen LogP contribution in [0.4, 0.5) is 4.39 Å². The van der Waals surface area contributed by atoms with Gasteiger partial charge in [0.25, 0.3) is 0 Å². The molecule has 0 N–H and O–H groups in total. The van der Waals surface area contributed by atoms with Gasteiger partial charge >= 0.3 is 0 Å². The molecule has 0 aromatic heterocycles. The first-order valence-corrected chi connectivity index (χ1v) is 8.55. The average Bonchev–Trinajstić information content (AvgIpc) is 2.96. The summed E-state index contributed by atoms with van der Waals surface area (Å²) in [5, 5.41) is 9.15. The van der Waals surface area contributed by atoms with Gasteiger partial charge in [-0.05, 0) is 86.9 Å². The van der Waals surface area contributed by atoms with Crippen LogP contribution >= 0.6 is 0 Å². The summed E-state index contributed by atoms with van der Waals surface area (Å²) in [7, 11) is 4.11. The summed E-state index contributed by atoms with van der Waals surface area (Å²) in [5.41, 5.74) is 3.81. The first-order valence-electron chi connectivity index (χ1n) is 8.55. The maximum Gasteiger partial charge on any atom is 0.126 e. The number of ether oxygens (including phenoxy) is 1. The van der Waals surface area contributed by atoms with Crippen molar-refractivity contribution >= 4 is 0 Å². The van der Waals surface area contributed by atoms with Crippen molar-refractivity contribution in [3.63, 3.8) is 0 Å². The van der Waals surface area contributed by atoms with Gasteiger partial charge in [0.15, 0.2) is 0 Å². The van der Waals surface area contributed by atoms with Crippen LogP contribution in [0.15, 0.2) is 36.4 Å². The summed E-state index contributed by atoms with van der Waals surface area (Å²) in [6.45, 7) is 3.21. The first kappa shape index (κ1) is 17.6. The fourth-order valence-electron chi connectivity index (χ4n) is 3.59. The molecule has 2 aromatic rings. The molecule has 0 radical (unpaired) electrons. The lowest BCUT2D eigenvalue weighted by Gasteiger charge is -2.31. The van der Waals surface area contributed by atoms with Crippen molar-refractivity contribution < 1.29 is 9.13 Å². The van der Waals surface area contributed by atoms with Crippen molar-refractivity contribution in [1.82, 2.24) is 4.90 Å². The lowest BCUT2D eigenvalue weighted by Crippen LogP contribution is -2.29. The molecule has 1 unspecified atom stereocenters. The monoisotopic (exact) mass is 338 g/mol. The predicted molar refractivity (Wildman–Crippen MR) is 95.7 cm³/mol. The molecule has 1 aliphatic heterocycles. The van der Waals surface area contributed by atoms with E-state index in [4.69, 9.17) is 10.00 Å². The zero-order valence-electron chi connectivity index (χ0n) is 15.0. The fraction of sp³-hybridized carbons (Fsp3) is 0.381. The minimum absolute atomic E-state index is 0.203. The van der Waals surface area contributed by atoms with Gasteiger partial charge in [-0.3, -0.25) is 0 Å². The Balaban J connectivity index is 2.06. The summed E-state index contributed by atoms with van der Waals surface area (Å²) in [4.78, 5) is 2.15. The molecule has 0 saturated carbocycles. The number of nitrogens with zero attached hydrogens (tertiary/aromatic N) is 2. The molecule has 2 aromatic carbocycles. The molecule has 25 heavy (non-hydrogen) atoms. The number of rotatable bonds is 5. The smallest absolute Gasteiger partial charge is 0.126 e. The number of aryl methyl sites for hydroxylation is 1.